The van der Waals surface area contributed by atoms with E-state index in [1.165, 1.54) is 16.4 Å². The van der Waals surface area contributed by atoms with Gasteiger partial charge in [0, 0.05) is 24.0 Å². The quantitative estimate of drug-likeness (QED) is 0.712. The fraction of sp³-hybridized carbons (Fsp3) is 0.391. The lowest BCUT2D eigenvalue weighted by atomic mass is 9.95. The first-order chi connectivity index (χ1) is 14.9. The molecule has 1 amide bonds. The smallest absolute Gasteiger partial charge is 0.244 e. The first-order valence-electron chi connectivity index (χ1n) is 10.5. The normalized spacial score (nSPS) is 18.8. The minimum Gasteiger partial charge on any atom is -0.349 e. The second-order valence-electron chi connectivity index (χ2n) is 8.16. The number of nitrogens with zero attached hydrogens (tertiary/aromatic N) is 2. The highest BCUT2D eigenvalue weighted by atomic mass is 35.5. The molecule has 2 aliphatic rings. The van der Waals surface area contributed by atoms with E-state index >= 15 is 0 Å². The molecule has 1 aliphatic heterocycles. The van der Waals surface area contributed by atoms with Gasteiger partial charge < -0.3 is 5.32 Å². The lowest BCUT2D eigenvalue weighted by Crippen LogP contribution is -2.44. The monoisotopic (exact) mass is 457 g/mol. The molecule has 2 aromatic rings. The number of piperidine rings is 1. The lowest BCUT2D eigenvalue weighted by Gasteiger charge is -2.31. The van der Waals surface area contributed by atoms with Crippen molar-refractivity contribution in [3.05, 3.63) is 64.7 Å². The molecular weight excluding hydrogens is 434 g/mol. The van der Waals surface area contributed by atoms with E-state index in [0.717, 1.165) is 18.4 Å². The molecule has 162 valence electrons. The van der Waals surface area contributed by atoms with Crippen molar-refractivity contribution in [2.75, 3.05) is 13.1 Å². The SMILES string of the molecule is N#Cc1ccccc1S(=O)(=O)N1CCC(C(=O)NC(c2ccc(Cl)cc2)C2CC2)CC1. The summed E-state index contributed by atoms with van der Waals surface area (Å²) < 4.78 is 27.4. The maximum absolute atomic E-state index is 13.0. The number of carbonyl (C=O) groups is 1. The van der Waals surface area contributed by atoms with Crippen LogP contribution < -0.4 is 5.32 Å². The molecule has 1 N–H and O–H groups in total. The van der Waals surface area contributed by atoms with Crippen LogP contribution in [0.3, 0.4) is 0 Å². The van der Waals surface area contributed by atoms with Crippen molar-refractivity contribution < 1.29 is 13.2 Å². The molecule has 0 radical (unpaired) electrons. The molecule has 2 aromatic carbocycles. The second-order valence-corrected chi connectivity index (χ2v) is 10.5. The minimum atomic E-state index is -3.76. The molecule has 0 spiro atoms. The number of rotatable bonds is 6. The summed E-state index contributed by atoms with van der Waals surface area (Å²) in [6.45, 7) is 0.518. The number of sulfonamides is 1. The van der Waals surface area contributed by atoms with E-state index in [4.69, 9.17) is 11.6 Å². The largest absolute Gasteiger partial charge is 0.349 e. The minimum absolute atomic E-state index is 0.0249. The zero-order valence-corrected chi connectivity index (χ0v) is 18.6. The number of hydrogen-bond acceptors (Lipinski definition) is 4. The number of nitriles is 1. The highest BCUT2D eigenvalue weighted by Crippen LogP contribution is 2.41. The van der Waals surface area contributed by atoms with Gasteiger partial charge in [-0.2, -0.15) is 9.57 Å². The second kappa shape index (κ2) is 8.99. The Morgan fingerprint density at radius 2 is 1.71 bits per heavy atom. The maximum Gasteiger partial charge on any atom is 0.244 e. The number of nitrogens with one attached hydrogen (secondary N) is 1. The average Bonchev–Trinajstić information content (AvgIpc) is 3.63. The third kappa shape index (κ3) is 4.77. The van der Waals surface area contributed by atoms with Crippen LogP contribution in [0.4, 0.5) is 0 Å². The van der Waals surface area contributed by atoms with Crippen molar-refractivity contribution in [1.82, 2.24) is 9.62 Å². The molecular formula is C23H24ClN3O3S. The predicted octanol–water partition coefficient (Wildman–Crippen LogP) is 3.88. The van der Waals surface area contributed by atoms with E-state index < -0.39 is 10.0 Å². The van der Waals surface area contributed by atoms with Gasteiger partial charge in [0.2, 0.25) is 15.9 Å². The number of halogens is 1. The van der Waals surface area contributed by atoms with Gasteiger partial charge in [-0.25, -0.2) is 8.42 Å². The van der Waals surface area contributed by atoms with Crippen LogP contribution in [-0.2, 0) is 14.8 Å². The fourth-order valence-corrected chi connectivity index (χ4v) is 5.86. The average molecular weight is 458 g/mol. The van der Waals surface area contributed by atoms with E-state index in [0.29, 0.717) is 23.8 Å². The Kier molecular flexibility index (Phi) is 6.33. The molecule has 31 heavy (non-hydrogen) atoms. The molecule has 4 rings (SSSR count). The molecule has 0 aromatic heterocycles. The molecule has 1 saturated heterocycles. The number of carbonyl (C=O) groups excluding carboxylic acids is 1. The van der Waals surface area contributed by atoms with Gasteiger partial charge in [0.1, 0.15) is 6.07 Å². The summed E-state index contributed by atoms with van der Waals surface area (Å²) in [6.07, 6.45) is 3.08. The van der Waals surface area contributed by atoms with Crippen LogP contribution in [0.1, 0.15) is 42.9 Å². The summed E-state index contributed by atoms with van der Waals surface area (Å²) in [5, 5.41) is 13.1. The topological polar surface area (TPSA) is 90.3 Å². The number of amides is 1. The van der Waals surface area contributed by atoms with Gasteiger partial charge in [-0.05, 0) is 61.4 Å². The van der Waals surface area contributed by atoms with E-state index in [-0.39, 0.29) is 41.4 Å². The van der Waals surface area contributed by atoms with Crippen LogP contribution in [-0.4, -0.2) is 31.7 Å². The third-order valence-corrected chi connectivity index (χ3v) is 8.28. The van der Waals surface area contributed by atoms with Crippen molar-refractivity contribution >= 4 is 27.5 Å². The molecule has 6 nitrogen and oxygen atoms in total. The Morgan fingerprint density at radius 3 is 2.32 bits per heavy atom. The van der Waals surface area contributed by atoms with Crippen LogP contribution in [0, 0.1) is 23.2 Å². The van der Waals surface area contributed by atoms with Gasteiger partial charge in [0.25, 0.3) is 0 Å². The van der Waals surface area contributed by atoms with E-state index in [2.05, 4.69) is 5.32 Å². The Labute approximate surface area is 187 Å². The van der Waals surface area contributed by atoms with Crippen molar-refractivity contribution in [2.24, 2.45) is 11.8 Å². The van der Waals surface area contributed by atoms with Crippen LogP contribution in [0.2, 0.25) is 5.02 Å². The molecule has 1 saturated carbocycles. The van der Waals surface area contributed by atoms with Crippen molar-refractivity contribution in [2.45, 2.75) is 36.6 Å². The van der Waals surface area contributed by atoms with E-state index in [1.54, 1.807) is 12.1 Å². The van der Waals surface area contributed by atoms with Gasteiger partial charge in [0.05, 0.1) is 16.5 Å². The molecule has 8 heteroatoms. The van der Waals surface area contributed by atoms with Crippen molar-refractivity contribution in [3.8, 4) is 6.07 Å². The van der Waals surface area contributed by atoms with Crippen LogP contribution in [0.5, 0.6) is 0 Å². The summed E-state index contributed by atoms with van der Waals surface area (Å²) in [5.41, 5.74) is 1.19. The number of benzene rings is 2. The summed E-state index contributed by atoms with van der Waals surface area (Å²) in [7, 11) is -3.76. The van der Waals surface area contributed by atoms with Crippen LogP contribution in [0.15, 0.2) is 53.4 Å². The molecule has 1 unspecified atom stereocenters. The summed E-state index contributed by atoms with van der Waals surface area (Å²) >= 11 is 5.99. The lowest BCUT2D eigenvalue weighted by molar-refractivity contribution is -0.127. The molecule has 1 aliphatic carbocycles. The van der Waals surface area contributed by atoms with Crippen LogP contribution in [0.25, 0.3) is 0 Å². The molecule has 1 atom stereocenters. The Balaban J connectivity index is 1.41. The standard InChI is InChI=1S/C23H24ClN3O3S/c24-20-9-7-17(8-10-20)22(16-5-6-16)26-23(28)18-11-13-27(14-12-18)31(29,30)21-4-2-1-3-19(21)15-25/h1-4,7-10,16,18,22H,5-6,11-14H2,(H,26,28). The summed E-state index contributed by atoms with van der Waals surface area (Å²) in [5.74, 6) is 0.181. The van der Waals surface area contributed by atoms with Gasteiger partial charge in [-0.1, -0.05) is 35.9 Å². The number of hydrogen-bond donors (Lipinski definition) is 1. The zero-order valence-electron chi connectivity index (χ0n) is 17.0. The van der Waals surface area contributed by atoms with Crippen molar-refractivity contribution in [1.29, 1.82) is 5.26 Å². The predicted molar refractivity (Wildman–Crippen MR) is 118 cm³/mol. The van der Waals surface area contributed by atoms with Gasteiger partial charge in [-0.15, -0.1) is 0 Å². The van der Waals surface area contributed by atoms with E-state index in [9.17, 15) is 18.5 Å². The fourth-order valence-electron chi connectivity index (χ4n) is 4.13. The van der Waals surface area contributed by atoms with Crippen LogP contribution >= 0.6 is 11.6 Å². The summed E-state index contributed by atoms with van der Waals surface area (Å²) in [6, 6.07) is 15.7. The zero-order chi connectivity index (χ0) is 22.0. The van der Waals surface area contributed by atoms with Gasteiger partial charge in [0.15, 0.2) is 0 Å². The third-order valence-electron chi connectivity index (χ3n) is 6.07. The Bertz CT molecular complexity index is 1100. The molecule has 0 bridgehead atoms. The Morgan fingerprint density at radius 1 is 1.06 bits per heavy atom. The van der Waals surface area contributed by atoms with Gasteiger partial charge >= 0.3 is 0 Å². The first-order valence-corrected chi connectivity index (χ1v) is 12.3. The highest BCUT2D eigenvalue weighted by molar-refractivity contribution is 7.89. The summed E-state index contributed by atoms with van der Waals surface area (Å²) in [4.78, 5) is 13.0. The molecule has 1 heterocycles. The van der Waals surface area contributed by atoms with Crippen molar-refractivity contribution in [3.63, 3.8) is 0 Å². The van der Waals surface area contributed by atoms with Gasteiger partial charge in [-0.3, -0.25) is 4.79 Å². The molecule has 2 fully saturated rings. The highest BCUT2D eigenvalue weighted by Gasteiger charge is 2.37. The Hall–Kier alpha value is -2.40. The van der Waals surface area contributed by atoms with E-state index in [1.807, 2.05) is 30.3 Å². The first kappa shape index (κ1) is 21.8. The maximum atomic E-state index is 13.0.